The zero-order valence-corrected chi connectivity index (χ0v) is 26.7. The van der Waals surface area contributed by atoms with Crippen molar-refractivity contribution in [3.05, 3.63) is 138 Å². The maximum Gasteiger partial charge on any atom is 0.123 e. The minimum Gasteiger partial charge on any atom is -0.345 e. The zero-order chi connectivity index (χ0) is 31.7. The number of rotatable bonds is 5. The molecular formula is C41H35FN4. The van der Waals surface area contributed by atoms with Crippen molar-refractivity contribution in [2.45, 2.75) is 13.8 Å². The summed E-state index contributed by atoms with van der Waals surface area (Å²) in [6.45, 7) is 4.27. The molecule has 0 bridgehead atoms. The molecule has 226 valence electrons. The van der Waals surface area contributed by atoms with E-state index in [0.29, 0.717) is 0 Å². The summed E-state index contributed by atoms with van der Waals surface area (Å²) in [6.07, 6.45) is 0. The largest absolute Gasteiger partial charge is 0.345 e. The number of hydrogen-bond donors (Lipinski definition) is 0. The summed E-state index contributed by atoms with van der Waals surface area (Å²) >= 11 is 0. The van der Waals surface area contributed by atoms with Crippen LogP contribution in [0.15, 0.2) is 121 Å². The molecule has 2 aromatic heterocycles. The first kappa shape index (κ1) is 28.0. The van der Waals surface area contributed by atoms with Gasteiger partial charge in [-0.05, 0) is 98.3 Å². The molecule has 0 saturated heterocycles. The lowest BCUT2D eigenvalue weighted by molar-refractivity contribution is 0.628. The van der Waals surface area contributed by atoms with E-state index < -0.39 is 0 Å². The van der Waals surface area contributed by atoms with Gasteiger partial charge in [0, 0.05) is 76.6 Å². The highest BCUT2D eigenvalue weighted by Gasteiger charge is 2.18. The van der Waals surface area contributed by atoms with Gasteiger partial charge in [0.05, 0.1) is 16.6 Å². The molecule has 4 nitrogen and oxygen atoms in total. The molecule has 0 unspecified atom stereocenters. The predicted octanol–water partition coefficient (Wildman–Crippen LogP) is 11.0. The molecule has 8 rings (SSSR count). The number of halogens is 1. The van der Waals surface area contributed by atoms with Crippen LogP contribution in [0, 0.1) is 19.7 Å². The Balaban J connectivity index is 1.28. The van der Waals surface area contributed by atoms with E-state index in [9.17, 15) is 4.39 Å². The first-order valence-electron chi connectivity index (χ1n) is 15.6. The lowest BCUT2D eigenvalue weighted by Crippen LogP contribution is -2.10. The molecule has 0 N–H and O–H groups in total. The highest BCUT2D eigenvalue weighted by molar-refractivity contribution is 6.11. The molecular weight excluding hydrogens is 567 g/mol. The van der Waals surface area contributed by atoms with Gasteiger partial charge >= 0.3 is 0 Å². The van der Waals surface area contributed by atoms with Crippen LogP contribution in [0.3, 0.4) is 0 Å². The minimum absolute atomic E-state index is 0.233. The summed E-state index contributed by atoms with van der Waals surface area (Å²) in [5.41, 5.74) is 12.6. The Labute approximate surface area is 268 Å². The lowest BCUT2D eigenvalue weighted by atomic mass is 10.1. The Morgan fingerprint density at radius 2 is 0.826 bits per heavy atom. The first-order chi connectivity index (χ1) is 22.3. The van der Waals surface area contributed by atoms with Gasteiger partial charge in [-0.25, -0.2) is 4.39 Å². The van der Waals surface area contributed by atoms with Gasteiger partial charge in [-0.1, -0.05) is 48.0 Å². The molecule has 0 atom stereocenters. The Kier molecular flexibility index (Phi) is 6.40. The highest BCUT2D eigenvalue weighted by Crippen LogP contribution is 2.41. The summed E-state index contributed by atoms with van der Waals surface area (Å²) in [7, 11) is 6.31. The maximum atomic E-state index is 13.6. The van der Waals surface area contributed by atoms with Gasteiger partial charge in [0.25, 0.3) is 0 Å². The highest BCUT2D eigenvalue weighted by atomic mass is 19.1. The summed E-state index contributed by atoms with van der Waals surface area (Å²) in [6, 6.07) is 42.2. The monoisotopic (exact) mass is 602 g/mol. The Hall–Kier alpha value is -5.55. The van der Waals surface area contributed by atoms with Crippen LogP contribution in [0.1, 0.15) is 11.1 Å². The average molecular weight is 603 g/mol. The number of benzene rings is 6. The molecule has 0 spiro atoms. The quantitative estimate of drug-likeness (QED) is 0.195. The summed E-state index contributed by atoms with van der Waals surface area (Å²) < 4.78 is 18.2. The minimum atomic E-state index is -0.233. The number of nitrogens with zero attached hydrogens (tertiary/aromatic N) is 4. The topological polar surface area (TPSA) is 16.3 Å². The van der Waals surface area contributed by atoms with E-state index in [2.05, 4.69) is 144 Å². The van der Waals surface area contributed by atoms with Crippen molar-refractivity contribution < 1.29 is 4.39 Å². The summed E-state index contributed by atoms with van der Waals surface area (Å²) in [5.74, 6) is -0.233. The van der Waals surface area contributed by atoms with Crippen molar-refractivity contribution in [3.63, 3.8) is 0 Å². The van der Waals surface area contributed by atoms with E-state index in [1.165, 1.54) is 55.8 Å². The van der Waals surface area contributed by atoms with Gasteiger partial charge in [-0.15, -0.1) is 0 Å². The van der Waals surface area contributed by atoms with Gasteiger partial charge < -0.3 is 18.9 Å². The number of anilines is 5. The van der Waals surface area contributed by atoms with Crippen LogP contribution in [-0.4, -0.2) is 16.2 Å². The van der Waals surface area contributed by atoms with Gasteiger partial charge in [-0.3, -0.25) is 0 Å². The molecule has 0 saturated carbocycles. The van der Waals surface area contributed by atoms with Crippen LogP contribution in [0.5, 0.6) is 0 Å². The standard InChI is InChI=1S/C41H35FN4/c1-26-6-11-30(12-7-26)46(32-16-20-36-34-18-8-27(2)22-38(34)44(4)40(36)24-32)33-17-21-37-35-19-15-31(23-39(35)45(5)41(37)25-33)43(3)29-13-9-28(42)10-14-29/h6-25H,1-5H3. The third-order valence-corrected chi connectivity index (χ3v) is 9.53. The van der Waals surface area contributed by atoms with Crippen molar-refractivity contribution >= 4 is 72.0 Å². The van der Waals surface area contributed by atoms with Crippen molar-refractivity contribution in [1.82, 2.24) is 9.13 Å². The molecule has 0 aliphatic heterocycles. The number of aryl methyl sites for hydroxylation is 4. The third kappa shape index (κ3) is 4.42. The maximum absolute atomic E-state index is 13.6. The second-order valence-corrected chi connectivity index (χ2v) is 12.4. The van der Waals surface area contributed by atoms with E-state index >= 15 is 0 Å². The van der Waals surface area contributed by atoms with E-state index in [0.717, 1.165) is 39.5 Å². The Morgan fingerprint density at radius 1 is 0.435 bits per heavy atom. The van der Waals surface area contributed by atoms with Gasteiger partial charge in [0.2, 0.25) is 0 Å². The first-order valence-corrected chi connectivity index (χ1v) is 15.6. The van der Waals surface area contributed by atoms with Crippen molar-refractivity contribution in [2.75, 3.05) is 16.8 Å². The molecule has 2 heterocycles. The molecule has 0 amide bonds. The Morgan fingerprint density at radius 3 is 1.37 bits per heavy atom. The molecule has 5 heteroatoms. The summed E-state index contributed by atoms with van der Waals surface area (Å²) in [4.78, 5) is 4.44. The van der Waals surface area contributed by atoms with Crippen molar-refractivity contribution in [1.29, 1.82) is 0 Å². The number of hydrogen-bond acceptors (Lipinski definition) is 2. The third-order valence-electron chi connectivity index (χ3n) is 9.53. The van der Waals surface area contributed by atoms with E-state index in [1.54, 1.807) is 0 Å². The second-order valence-electron chi connectivity index (χ2n) is 12.4. The van der Waals surface area contributed by atoms with Gasteiger partial charge in [0.1, 0.15) is 5.82 Å². The van der Waals surface area contributed by atoms with Crippen LogP contribution in [0.4, 0.5) is 32.8 Å². The van der Waals surface area contributed by atoms with Gasteiger partial charge in [-0.2, -0.15) is 0 Å². The summed E-state index contributed by atoms with van der Waals surface area (Å²) in [5, 5.41) is 4.95. The van der Waals surface area contributed by atoms with Crippen LogP contribution in [-0.2, 0) is 14.1 Å². The normalized spacial score (nSPS) is 11.7. The fourth-order valence-electron chi connectivity index (χ4n) is 6.92. The van der Waals surface area contributed by atoms with E-state index in [1.807, 2.05) is 19.2 Å². The van der Waals surface area contributed by atoms with Crippen molar-refractivity contribution in [2.24, 2.45) is 14.1 Å². The lowest BCUT2D eigenvalue weighted by Gasteiger charge is -2.26. The van der Waals surface area contributed by atoms with Crippen LogP contribution in [0.25, 0.3) is 43.6 Å². The predicted molar refractivity (Wildman–Crippen MR) is 193 cm³/mol. The molecule has 6 aromatic carbocycles. The smallest absolute Gasteiger partial charge is 0.123 e. The zero-order valence-electron chi connectivity index (χ0n) is 26.7. The fraction of sp³-hybridized carbons (Fsp3) is 0.122. The van der Waals surface area contributed by atoms with Crippen LogP contribution in [0.2, 0.25) is 0 Å². The van der Waals surface area contributed by atoms with Crippen LogP contribution < -0.4 is 9.80 Å². The number of fused-ring (bicyclic) bond motifs is 6. The van der Waals surface area contributed by atoms with Gasteiger partial charge in [0.15, 0.2) is 0 Å². The molecule has 0 aliphatic rings. The molecule has 8 aromatic rings. The second kappa shape index (κ2) is 10.5. The average Bonchev–Trinajstić information content (AvgIpc) is 3.51. The van der Waals surface area contributed by atoms with Crippen LogP contribution >= 0.6 is 0 Å². The number of aromatic nitrogens is 2. The van der Waals surface area contributed by atoms with E-state index in [4.69, 9.17) is 0 Å². The van der Waals surface area contributed by atoms with E-state index in [-0.39, 0.29) is 5.82 Å². The molecule has 0 aliphatic carbocycles. The SMILES string of the molecule is Cc1ccc(N(c2ccc3c4ccc(C)cc4n(C)c3c2)c2ccc3c4ccc(N(C)c5ccc(F)cc5)cc4n(C)c3c2)cc1. The van der Waals surface area contributed by atoms with Crippen molar-refractivity contribution in [3.8, 4) is 0 Å². The molecule has 0 radical (unpaired) electrons. The Bertz CT molecular complexity index is 2430. The fourth-order valence-corrected chi connectivity index (χ4v) is 6.92. The molecule has 46 heavy (non-hydrogen) atoms. The molecule has 0 fully saturated rings.